The normalized spacial score (nSPS) is 10.5. The average molecular weight is 243 g/mol. The zero-order valence-electron chi connectivity index (χ0n) is 10.1. The molecule has 1 aromatic carbocycles. The van der Waals surface area contributed by atoms with E-state index in [-0.39, 0.29) is 5.75 Å². The van der Waals surface area contributed by atoms with Gasteiger partial charge in [0.1, 0.15) is 0 Å². The largest absolute Gasteiger partial charge is 0.488 e. The monoisotopic (exact) mass is 243 g/mol. The number of nitrogens with one attached hydrogen (secondary N) is 1. The lowest BCUT2D eigenvalue weighted by atomic mass is 10.3. The number of hydrogen-bond acceptors (Lipinski definition) is 2. The Bertz CT molecular complexity index is 311. The number of benzene rings is 1. The van der Waals surface area contributed by atoms with Gasteiger partial charge in [0.05, 0.1) is 6.61 Å². The van der Waals surface area contributed by atoms with Gasteiger partial charge in [-0.3, -0.25) is 0 Å². The first-order chi connectivity index (χ1) is 8.25. The van der Waals surface area contributed by atoms with Crippen molar-refractivity contribution < 1.29 is 13.5 Å². The van der Waals surface area contributed by atoms with Crippen molar-refractivity contribution in [1.29, 1.82) is 0 Å². The van der Waals surface area contributed by atoms with Crippen LogP contribution in [0.5, 0.6) is 5.75 Å². The second kappa shape index (κ2) is 8.01. The molecule has 1 rings (SSSR count). The van der Waals surface area contributed by atoms with Crippen LogP contribution >= 0.6 is 0 Å². The molecule has 1 aromatic rings. The van der Waals surface area contributed by atoms with Gasteiger partial charge in [-0.15, -0.1) is 0 Å². The van der Waals surface area contributed by atoms with Crippen molar-refractivity contribution in [2.75, 3.05) is 19.7 Å². The summed E-state index contributed by atoms with van der Waals surface area (Å²) in [5.74, 6) is -1.56. The third-order valence-electron chi connectivity index (χ3n) is 2.34. The van der Waals surface area contributed by atoms with Crippen molar-refractivity contribution >= 4 is 0 Å². The summed E-state index contributed by atoms with van der Waals surface area (Å²) in [5, 5.41) is 3.25. The van der Waals surface area contributed by atoms with Crippen LogP contribution in [0.15, 0.2) is 18.2 Å². The van der Waals surface area contributed by atoms with E-state index in [0.717, 1.165) is 32.4 Å². The Balaban J connectivity index is 2.18. The van der Waals surface area contributed by atoms with E-state index in [1.165, 1.54) is 18.2 Å². The van der Waals surface area contributed by atoms with Crippen LogP contribution in [0.4, 0.5) is 8.78 Å². The van der Waals surface area contributed by atoms with E-state index in [2.05, 4.69) is 12.2 Å². The Morgan fingerprint density at radius 2 is 1.82 bits per heavy atom. The molecule has 17 heavy (non-hydrogen) atoms. The third-order valence-corrected chi connectivity index (χ3v) is 2.34. The van der Waals surface area contributed by atoms with Crippen molar-refractivity contribution in [2.24, 2.45) is 0 Å². The summed E-state index contributed by atoms with van der Waals surface area (Å²) < 4.78 is 31.4. The maximum Gasteiger partial charge on any atom is 0.190 e. The SMILES string of the molecule is CCCNCCCCOc1c(F)cccc1F. The Kier molecular flexibility index (Phi) is 6.55. The van der Waals surface area contributed by atoms with Gasteiger partial charge < -0.3 is 10.1 Å². The Morgan fingerprint density at radius 1 is 1.12 bits per heavy atom. The second-order valence-corrected chi connectivity index (χ2v) is 3.86. The lowest BCUT2D eigenvalue weighted by Crippen LogP contribution is -2.16. The molecular formula is C13H19F2NO. The average Bonchev–Trinajstić information content (AvgIpc) is 2.31. The number of ether oxygens (including phenoxy) is 1. The lowest BCUT2D eigenvalue weighted by molar-refractivity contribution is 0.276. The van der Waals surface area contributed by atoms with E-state index in [1.54, 1.807) is 0 Å². The van der Waals surface area contributed by atoms with Gasteiger partial charge in [-0.05, 0) is 44.5 Å². The highest BCUT2D eigenvalue weighted by molar-refractivity contribution is 5.25. The maximum atomic E-state index is 13.1. The minimum absolute atomic E-state index is 0.269. The summed E-state index contributed by atoms with van der Waals surface area (Å²) in [6.45, 7) is 4.36. The molecule has 0 amide bonds. The number of halogens is 2. The summed E-state index contributed by atoms with van der Waals surface area (Å²) in [4.78, 5) is 0. The van der Waals surface area contributed by atoms with Crippen LogP contribution in [0, 0.1) is 11.6 Å². The smallest absolute Gasteiger partial charge is 0.190 e. The van der Waals surface area contributed by atoms with Crippen molar-refractivity contribution in [3.8, 4) is 5.75 Å². The van der Waals surface area contributed by atoms with Gasteiger partial charge in [0.2, 0.25) is 0 Å². The van der Waals surface area contributed by atoms with Crippen molar-refractivity contribution in [1.82, 2.24) is 5.32 Å². The maximum absolute atomic E-state index is 13.1. The molecule has 0 unspecified atom stereocenters. The first-order valence-electron chi connectivity index (χ1n) is 6.03. The summed E-state index contributed by atoms with van der Waals surface area (Å²) >= 11 is 0. The van der Waals surface area contributed by atoms with E-state index in [0.29, 0.717) is 6.61 Å². The van der Waals surface area contributed by atoms with Gasteiger partial charge in [-0.2, -0.15) is 0 Å². The minimum atomic E-state index is -0.644. The van der Waals surface area contributed by atoms with Gasteiger partial charge in [-0.25, -0.2) is 8.78 Å². The topological polar surface area (TPSA) is 21.3 Å². The molecule has 0 aliphatic heterocycles. The van der Waals surface area contributed by atoms with E-state index in [1.807, 2.05) is 0 Å². The Morgan fingerprint density at radius 3 is 2.47 bits per heavy atom. The molecule has 4 heteroatoms. The molecule has 0 atom stereocenters. The molecule has 0 fully saturated rings. The fourth-order valence-corrected chi connectivity index (χ4v) is 1.45. The number of para-hydroxylation sites is 1. The molecule has 0 aliphatic rings. The highest BCUT2D eigenvalue weighted by atomic mass is 19.1. The molecule has 0 saturated heterocycles. The first kappa shape index (κ1) is 13.9. The summed E-state index contributed by atoms with van der Waals surface area (Å²) in [6.07, 6.45) is 2.83. The van der Waals surface area contributed by atoms with Gasteiger partial charge in [-0.1, -0.05) is 13.0 Å². The van der Waals surface area contributed by atoms with Crippen molar-refractivity contribution in [3.63, 3.8) is 0 Å². The molecule has 0 aromatic heterocycles. The van der Waals surface area contributed by atoms with Gasteiger partial charge >= 0.3 is 0 Å². The van der Waals surface area contributed by atoms with Crippen LogP contribution in [0.3, 0.4) is 0 Å². The standard InChI is InChI=1S/C13H19F2NO/c1-2-8-16-9-3-4-10-17-13-11(14)6-5-7-12(13)15/h5-7,16H,2-4,8-10H2,1H3. The van der Waals surface area contributed by atoms with E-state index < -0.39 is 11.6 Å². The molecule has 0 bridgehead atoms. The van der Waals surface area contributed by atoms with Crippen molar-refractivity contribution in [2.45, 2.75) is 26.2 Å². The van der Waals surface area contributed by atoms with Crippen LogP contribution in [0.25, 0.3) is 0 Å². The van der Waals surface area contributed by atoms with Crippen LogP contribution in [0.1, 0.15) is 26.2 Å². The molecule has 0 heterocycles. The fraction of sp³-hybridized carbons (Fsp3) is 0.538. The second-order valence-electron chi connectivity index (χ2n) is 3.86. The van der Waals surface area contributed by atoms with Crippen LogP contribution in [-0.2, 0) is 0 Å². The Hall–Kier alpha value is -1.16. The third kappa shape index (κ3) is 5.13. The Labute approximate surface area is 101 Å². The van der Waals surface area contributed by atoms with Gasteiger partial charge in [0.25, 0.3) is 0 Å². The van der Waals surface area contributed by atoms with Gasteiger partial charge in [0.15, 0.2) is 17.4 Å². The van der Waals surface area contributed by atoms with Crippen molar-refractivity contribution in [3.05, 3.63) is 29.8 Å². The zero-order valence-corrected chi connectivity index (χ0v) is 10.1. The zero-order chi connectivity index (χ0) is 12.5. The molecule has 0 spiro atoms. The summed E-state index contributed by atoms with van der Waals surface area (Å²) in [5.41, 5.74) is 0. The molecule has 0 aliphatic carbocycles. The predicted octanol–water partition coefficient (Wildman–Crippen LogP) is 3.12. The molecule has 1 N–H and O–H groups in total. The summed E-state index contributed by atoms with van der Waals surface area (Å²) in [6, 6.07) is 3.72. The lowest BCUT2D eigenvalue weighted by Gasteiger charge is -2.08. The number of rotatable bonds is 8. The molecule has 0 saturated carbocycles. The van der Waals surface area contributed by atoms with E-state index in [9.17, 15) is 8.78 Å². The van der Waals surface area contributed by atoms with E-state index in [4.69, 9.17) is 4.74 Å². The molecule has 0 radical (unpaired) electrons. The molecule has 96 valence electrons. The molecule has 2 nitrogen and oxygen atoms in total. The van der Waals surface area contributed by atoms with Gasteiger partial charge in [0, 0.05) is 0 Å². The number of hydrogen-bond donors (Lipinski definition) is 1. The summed E-state index contributed by atoms with van der Waals surface area (Å²) in [7, 11) is 0. The minimum Gasteiger partial charge on any atom is -0.488 e. The highest BCUT2D eigenvalue weighted by Gasteiger charge is 2.08. The molecular weight excluding hydrogens is 224 g/mol. The highest BCUT2D eigenvalue weighted by Crippen LogP contribution is 2.20. The van der Waals surface area contributed by atoms with E-state index >= 15 is 0 Å². The quantitative estimate of drug-likeness (QED) is 0.708. The van der Waals surface area contributed by atoms with Crippen LogP contribution < -0.4 is 10.1 Å². The fourth-order valence-electron chi connectivity index (χ4n) is 1.45. The number of unbranched alkanes of at least 4 members (excludes halogenated alkanes) is 1. The predicted molar refractivity (Wildman–Crippen MR) is 64.2 cm³/mol. The van der Waals surface area contributed by atoms with Crippen LogP contribution in [-0.4, -0.2) is 19.7 Å². The first-order valence-corrected chi connectivity index (χ1v) is 6.03. The van der Waals surface area contributed by atoms with Crippen LogP contribution in [0.2, 0.25) is 0 Å².